The predicted octanol–water partition coefficient (Wildman–Crippen LogP) is 0.389. The number of anilines is 1. The highest BCUT2D eigenvalue weighted by Gasteiger charge is 2.04. The molecule has 0 saturated carbocycles. The molecule has 0 atom stereocenters. The first-order valence-corrected chi connectivity index (χ1v) is 3.20. The normalized spacial score (nSPS) is 10.6. The number of nitrogens with one attached hydrogen (secondary N) is 1. The minimum Gasteiger partial charge on any atom is -0.368 e. The van der Waals surface area contributed by atoms with Crippen molar-refractivity contribution < 1.29 is 0 Å². The molecular formula is C5H3ClN5. The van der Waals surface area contributed by atoms with Gasteiger partial charge in [0.1, 0.15) is 5.52 Å². The number of hydrogen-bond acceptors (Lipinski definition) is 4. The summed E-state index contributed by atoms with van der Waals surface area (Å²) in [7, 11) is 0. The number of H-pyrrole nitrogens is 1. The number of aromatic amines is 1. The molecule has 0 unspecified atom stereocenters. The van der Waals surface area contributed by atoms with Gasteiger partial charge in [-0.05, 0) is 0 Å². The van der Waals surface area contributed by atoms with E-state index in [9.17, 15) is 0 Å². The van der Waals surface area contributed by atoms with Gasteiger partial charge in [-0.1, -0.05) is 11.6 Å². The van der Waals surface area contributed by atoms with Crippen LogP contribution in [0.3, 0.4) is 0 Å². The molecular weight excluding hydrogens is 166 g/mol. The van der Waals surface area contributed by atoms with Crippen molar-refractivity contribution in [3.05, 3.63) is 11.5 Å². The van der Waals surface area contributed by atoms with Crippen molar-refractivity contribution >= 4 is 28.7 Å². The number of fused-ring (bicyclic) bond motifs is 1. The molecule has 0 aliphatic carbocycles. The molecule has 3 N–H and O–H groups in total. The fourth-order valence-electron chi connectivity index (χ4n) is 0.763. The number of aromatic nitrogens is 4. The number of nitrogen functional groups attached to an aromatic ring is 1. The Balaban J connectivity index is 2.91. The summed E-state index contributed by atoms with van der Waals surface area (Å²) in [5, 5.41) is 0.265. The largest absolute Gasteiger partial charge is 0.368 e. The van der Waals surface area contributed by atoms with E-state index in [2.05, 4.69) is 26.3 Å². The lowest BCUT2D eigenvalue weighted by Crippen LogP contribution is -1.94. The van der Waals surface area contributed by atoms with Gasteiger partial charge in [-0.2, -0.15) is 9.97 Å². The van der Waals surface area contributed by atoms with Crippen LogP contribution in [-0.4, -0.2) is 19.9 Å². The van der Waals surface area contributed by atoms with Crippen LogP contribution < -0.4 is 5.73 Å². The van der Waals surface area contributed by atoms with Crippen LogP contribution in [0.2, 0.25) is 5.15 Å². The highest BCUT2D eigenvalue weighted by Crippen LogP contribution is 2.16. The molecule has 0 spiro atoms. The molecule has 2 rings (SSSR count). The van der Waals surface area contributed by atoms with E-state index in [4.69, 9.17) is 17.3 Å². The lowest BCUT2D eigenvalue weighted by molar-refractivity contribution is 1.21. The maximum atomic E-state index is 5.68. The van der Waals surface area contributed by atoms with Crippen LogP contribution in [0.15, 0.2) is 0 Å². The van der Waals surface area contributed by atoms with Crippen molar-refractivity contribution in [3.8, 4) is 0 Å². The topological polar surface area (TPSA) is 80.5 Å². The fraction of sp³-hybridized carbons (Fsp3) is 0. The van der Waals surface area contributed by atoms with E-state index in [0.29, 0.717) is 11.2 Å². The molecule has 5 nitrogen and oxygen atoms in total. The Morgan fingerprint density at radius 3 is 3.09 bits per heavy atom. The summed E-state index contributed by atoms with van der Waals surface area (Å²) in [6, 6.07) is 0. The van der Waals surface area contributed by atoms with Gasteiger partial charge in [0.15, 0.2) is 17.1 Å². The Morgan fingerprint density at radius 1 is 1.45 bits per heavy atom. The second-order valence-corrected chi connectivity index (χ2v) is 2.28. The summed E-state index contributed by atoms with van der Waals surface area (Å²) in [6.07, 6.45) is 2.49. The molecule has 1 radical (unpaired) electrons. The van der Waals surface area contributed by atoms with Crippen LogP contribution in [0.4, 0.5) is 5.95 Å². The first kappa shape index (κ1) is 6.36. The number of rotatable bonds is 0. The zero-order valence-electron chi connectivity index (χ0n) is 5.30. The van der Waals surface area contributed by atoms with Crippen LogP contribution in [0, 0.1) is 6.33 Å². The molecule has 11 heavy (non-hydrogen) atoms. The molecule has 2 aromatic heterocycles. The van der Waals surface area contributed by atoms with Crippen molar-refractivity contribution in [3.63, 3.8) is 0 Å². The quantitative estimate of drug-likeness (QED) is 0.558. The zero-order valence-corrected chi connectivity index (χ0v) is 6.05. The third-order valence-electron chi connectivity index (χ3n) is 1.21. The maximum Gasteiger partial charge on any atom is 0.223 e. The van der Waals surface area contributed by atoms with E-state index in [0.717, 1.165) is 0 Å². The van der Waals surface area contributed by atoms with Crippen molar-refractivity contribution in [2.45, 2.75) is 0 Å². The Bertz CT molecular complexity index is 395. The summed E-state index contributed by atoms with van der Waals surface area (Å²) < 4.78 is 0. The first-order valence-electron chi connectivity index (χ1n) is 2.82. The van der Waals surface area contributed by atoms with Gasteiger partial charge in [0.25, 0.3) is 0 Å². The number of hydrogen-bond donors (Lipinski definition) is 2. The summed E-state index contributed by atoms with van der Waals surface area (Å²) in [6.45, 7) is 0. The molecule has 0 aliphatic heterocycles. The summed E-state index contributed by atoms with van der Waals surface area (Å²) >= 11 is 5.68. The van der Waals surface area contributed by atoms with Crippen molar-refractivity contribution in [1.29, 1.82) is 0 Å². The summed E-state index contributed by atoms with van der Waals surface area (Å²) in [5.74, 6) is 0.114. The Hall–Kier alpha value is -1.36. The number of nitrogens with zero attached hydrogens (tertiary/aromatic N) is 3. The zero-order chi connectivity index (χ0) is 7.84. The maximum absolute atomic E-state index is 5.68. The molecule has 0 amide bonds. The van der Waals surface area contributed by atoms with E-state index in [1.54, 1.807) is 0 Å². The van der Waals surface area contributed by atoms with E-state index >= 15 is 0 Å². The van der Waals surface area contributed by atoms with Gasteiger partial charge in [0.2, 0.25) is 5.95 Å². The molecule has 0 fully saturated rings. The van der Waals surface area contributed by atoms with Crippen LogP contribution in [0.1, 0.15) is 0 Å². The van der Waals surface area contributed by atoms with E-state index in [1.807, 2.05) is 0 Å². The molecule has 2 heterocycles. The molecule has 0 aliphatic rings. The minimum absolute atomic E-state index is 0.114. The van der Waals surface area contributed by atoms with Crippen molar-refractivity contribution in [2.24, 2.45) is 0 Å². The Kier molecular flexibility index (Phi) is 1.19. The minimum atomic E-state index is 0.114. The van der Waals surface area contributed by atoms with E-state index in [-0.39, 0.29) is 11.1 Å². The van der Waals surface area contributed by atoms with E-state index < -0.39 is 0 Å². The van der Waals surface area contributed by atoms with Crippen LogP contribution >= 0.6 is 11.6 Å². The Morgan fingerprint density at radius 2 is 2.27 bits per heavy atom. The van der Waals surface area contributed by atoms with Crippen LogP contribution in [0.25, 0.3) is 11.2 Å². The standard InChI is InChI=1S/C5H3ClN5/c6-3-2-4(9-1-8-2)11-5(7)10-3/h(H3,7,8,9,10,11). The van der Waals surface area contributed by atoms with Gasteiger partial charge in [0.05, 0.1) is 0 Å². The summed E-state index contributed by atoms with van der Waals surface area (Å²) in [5.41, 5.74) is 6.30. The Labute approximate surface area is 66.6 Å². The highest BCUT2D eigenvalue weighted by atomic mass is 35.5. The SMILES string of the molecule is Nc1nc(Cl)c2[nH][c]nc2n1. The molecule has 0 saturated heterocycles. The lowest BCUT2D eigenvalue weighted by atomic mass is 10.6. The van der Waals surface area contributed by atoms with Crippen molar-refractivity contribution in [1.82, 2.24) is 19.9 Å². The molecule has 0 aromatic carbocycles. The summed E-state index contributed by atoms with van der Waals surface area (Å²) in [4.78, 5) is 13.9. The van der Waals surface area contributed by atoms with Crippen LogP contribution in [-0.2, 0) is 0 Å². The van der Waals surface area contributed by atoms with Gasteiger partial charge in [-0.3, -0.25) is 0 Å². The molecule has 55 valence electrons. The molecule has 0 bridgehead atoms. The van der Waals surface area contributed by atoms with Gasteiger partial charge >= 0.3 is 0 Å². The molecule has 6 heteroatoms. The first-order chi connectivity index (χ1) is 5.27. The second kappa shape index (κ2) is 2.06. The second-order valence-electron chi connectivity index (χ2n) is 1.92. The molecule has 2 aromatic rings. The van der Waals surface area contributed by atoms with Crippen molar-refractivity contribution in [2.75, 3.05) is 5.73 Å². The number of halogens is 1. The van der Waals surface area contributed by atoms with Gasteiger partial charge in [-0.25, -0.2) is 4.98 Å². The van der Waals surface area contributed by atoms with Gasteiger partial charge < -0.3 is 10.7 Å². The number of imidazole rings is 1. The third-order valence-corrected chi connectivity index (χ3v) is 1.48. The van der Waals surface area contributed by atoms with E-state index in [1.165, 1.54) is 0 Å². The monoisotopic (exact) mass is 168 g/mol. The van der Waals surface area contributed by atoms with Gasteiger partial charge in [-0.15, -0.1) is 0 Å². The lowest BCUT2D eigenvalue weighted by Gasteiger charge is -1.92. The van der Waals surface area contributed by atoms with Crippen LogP contribution in [0.5, 0.6) is 0 Å². The number of nitrogens with two attached hydrogens (primary N) is 1. The highest BCUT2D eigenvalue weighted by molar-refractivity contribution is 6.33. The fourth-order valence-corrected chi connectivity index (χ4v) is 0.982. The van der Waals surface area contributed by atoms with Gasteiger partial charge in [0, 0.05) is 0 Å². The third kappa shape index (κ3) is 0.894. The smallest absolute Gasteiger partial charge is 0.223 e. The predicted molar refractivity (Wildman–Crippen MR) is 39.9 cm³/mol. The average Bonchev–Trinajstić information content (AvgIpc) is 2.34. The average molecular weight is 169 g/mol.